The summed E-state index contributed by atoms with van der Waals surface area (Å²) in [5.41, 5.74) is 0.173. The van der Waals surface area contributed by atoms with Gasteiger partial charge in [0.05, 0.1) is 23.3 Å². The minimum atomic E-state index is -0.445. The Hall–Kier alpha value is -2.20. The van der Waals surface area contributed by atoms with E-state index in [2.05, 4.69) is 6.92 Å². The Labute approximate surface area is 141 Å². The number of carbonyl (C=O) groups is 2. The highest BCUT2D eigenvalue weighted by molar-refractivity contribution is 6.09. The van der Waals surface area contributed by atoms with Crippen LogP contribution in [0.15, 0.2) is 42.5 Å². The number of benzene rings is 2. The first kappa shape index (κ1) is 15.3. The number of fused-ring (bicyclic) bond motifs is 3. The van der Waals surface area contributed by atoms with Crippen molar-refractivity contribution < 1.29 is 14.3 Å². The number of nitrogens with zero attached hydrogens (tertiary/aromatic N) is 1. The van der Waals surface area contributed by atoms with Crippen LogP contribution in [-0.2, 0) is 14.3 Å². The van der Waals surface area contributed by atoms with Crippen molar-refractivity contribution in [1.29, 1.82) is 0 Å². The van der Waals surface area contributed by atoms with E-state index in [1.165, 1.54) is 4.90 Å². The van der Waals surface area contributed by atoms with Crippen LogP contribution in [0.25, 0.3) is 10.8 Å². The zero-order chi connectivity index (χ0) is 16.9. The number of ether oxygens (including phenoxy) is 1. The lowest BCUT2D eigenvalue weighted by atomic mass is 9.72. The van der Waals surface area contributed by atoms with E-state index < -0.39 is 5.60 Å². The van der Waals surface area contributed by atoms with Crippen LogP contribution in [-0.4, -0.2) is 24.0 Å². The highest BCUT2D eigenvalue weighted by atomic mass is 16.5. The monoisotopic (exact) mass is 323 g/mol. The van der Waals surface area contributed by atoms with Gasteiger partial charge >= 0.3 is 0 Å². The molecule has 124 valence electrons. The van der Waals surface area contributed by atoms with E-state index in [1.54, 1.807) is 0 Å². The molecule has 2 heterocycles. The molecule has 2 aliphatic rings. The zero-order valence-electron chi connectivity index (χ0n) is 13.9. The molecule has 0 saturated carbocycles. The molecule has 2 amide bonds. The summed E-state index contributed by atoms with van der Waals surface area (Å²) in [6, 6.07) is 13.6. The molecule has 4 atom stereocenters. The first-order chi connectivity index (χ1) is 11.5. The van der Waals surface area contributed by atoms with E-state index in [1.807, 2.05) is 49.4 Å². The molecule has 4 nitrogen and oxygen atoms in total. The fraction of sp³-hybridized carbons (Fsp3) is 0.400. The average molecular weight is 323 g/mol. The van der Waals surface area contributed by atoms with E-state index in [9.17, 15) is 9.59 Å². The number of anilines is 1. The summed E-state index contributed by atoms with van der Waals surface area (Å²) in [6.07, 6.45) is 2.64. The molecule has 2 saturated heterocycles. The van der Waals surface area contributed by atoms with Crippen LogP contribution in [0, 0.1) is 11.8 Å². The van der Waals surface area contributed by atoms with Gasteiger partial charge < -0.3 is 4.74 Å². The van der Waals surface area contributed by atoms with Crippen molar-refractivity contribution in [3.05, 3.63) is 42.5 Å². The minimum Gasteiger partial charge on any atom is -0.371 e. The second kappa shape index (κ2) is 5.42. The number of imide groups is 1. The third kappa shape index (κ3) is 2.17. The van der Waals surface area contributed by atoms with Crippen molar-refractivity contribution in [2.24, 2.45) is 11.8 Å². The van der Waals surface area contributed by atoms with Gasteiger partial charge in [-0.3, -0.25) is 14.5 Å². The molecule has 0 aliphatic carbocycles. The van der Waals surface area contributed by atoms with Gasteiger partial charge in [-0.25, -0.2) is 0 Å². The maximum atomic E-state index is 13.1. The predicted octanol–water partition coefficient (Wildman–Crippen LogP) is 3.53. The van der Waals surface area contributed by atoms with Crippen LogP contribution < -0.4 is 4.90 Å². The average Bonchev–Trinajstić information content (AvgIpc) is 3.08. The highest BCUT2D eigenvalue weighted by Gasteiger charge is 2.58. The SMILES string of the molecule is C[C@@H]1C2CCC(C)(O2)[C@@H]1C(=O)N(C=O)c1ccc2ccccc2c1. The topological polar surface area (TPSA) is 46.6 Å². The molecule has 24 heavy (non-hydrogen) atoms. The fourth-order valence-corrected chi connectivity index (χ4v) is 4.46. The van der Waals surface area contributed by atoms with E-state index >= 15 is 0 Å². The molecular weight excluding hydrogens is 302 g/mol. The first-order valence-corrected chi connectivity index (χ1v) is 8.48. The van der Waals surface area contributed by atoms with E-state index in [4.69, 9.17) is 4.74 Å². The number of carbonyl (C=O) groups excluding carboxylic acids is 2. The Morgan fingerprint density at radius 2 is 2.00 bits per heavy atom. The lowest BCUT2D eigenvalue weighted by Gasteiger charge is -2.33. The van der Waals surface area contributed by atoms with Crippen LogP contribution in [0.5, 0.6) is 0 Å². The van der Waals surface area contributed by atoms with Gasteiger partial charge in [-0.15, -0.1) is 0 Å². The molecule has 0 N–H and O–H groups in total. The summed E-state index contributed by atoms with van der Waals surface area (Å²) in [5, 5.41) is 2.10. The quantitative estimate of drug-likeness (QED) is 0.812. The van der Waals surface area contributed by atoms with Crippen molar-refractivity contribution >= 4 is 28.8 Å². The summed E-state index contributed by atoms with van der Waals surface area (Å²) in [7, 11) is 0. The number of hydrogen-bond acceptors (Lipinski definition) is 3. The number of hydrogen-bond donors (Lipinski definition) is 0. The van der Waals surface area contributed by atoms with Crippen LogP contribution >= 0.6 is 0 Å². The van der Waals surface area contributed by atoms with Crippen LogP contribution in [0.2, 0.25) is 0 Å². The Morgan fingerprint density at radius 1 is 1.25 bits per heavy atom. The third-order valence-corrected chi connectivity index (χ3v) is 5.74. The van der Waals surface area contributed by atoms with Gasteiger partial charge in [-0.2, -0.15) is 0 Å². The normalized spacial score (nSPS) is 31.3. The van der Waals surface area contributed by atoms with Gasteiger partial charge in [0, 0.05) is 0 Å². The second-order valence-corrected chi connectivity index (χ2v) is 7.19. The lowest BCUT2D eigenvalue weighted by Crippen LogP contribution is -2.47. The highest BCUT2D eigenvalue weighted by Crippen LogP contribution is 2.51. The summed E-state index contributed by atoms with van der Waals surface area (Å²) >= 11 is 0. The summed E-state index contributed by atoms with van der Waals surface area (Å²) in [6.45, 7) is 4.06. The largest absolute Gasteiger partial charge is 0.371 e. The summed E-state index contributed by atoms with van der Waals surface area (Å²) < 4.78 is 6.04. The van der Waals surface area contributed by atoms with E-state index in [-0.39, 0.29) is 23.8 Å². The first-order valence-electron chi connectivity index (χ1n) is 8.48. The molecule has 4 heteroatoms. The minimum absolute atomic E-state index is 0.133. The van der Waals surface area contributed by atoms with Crippen LogP contribution in [0.4, 0.5) is 5.69 Å². The van der Waals surface area contributed by atoms with E-state index in [0.717, 1.165) is 23.6 Å². The molecule has 2 fully saturated rings. The molecule has 2 aromatic rings. The molecule has 0 radical (unpaired) electrons. The van der Waals surface area contributed by atoms with Crippen molar-refractivity contribution in [1.82, 2.24) is 0 Å². The van der Waals surface area contributed by atoms with E-state index in [0.29, 0.717) is 12.1 Å². The Morgan fingerprint density at radius 3 is 2.67 bits per heavy atom. The molecule has 2 unspecified atom stereocenters. The summed E-state index contributed by atoms with van der Waals surface area (Å²) in [5.74, 6) is -0.287. The van der Waals surface area contributed by atoms with Gasteiger partial charge in [-0.1, -0.05) is 37.3 Å². The Balaban J connectivity index is 1.70. The Kier molecular flexibility index (Phi) is 3.46. The van der Waals surface area contributed by atoms with Crippen molar-refractivity contribution in [2.45, 2.75) is 38.4 Å². The van der Waals surface area contributed by atoms with Gasteiger partial charge in [0.2, 0.25) is 12.3 Å². The maximum Gasteiger partial charge on any atom is 0.239 e. The summed E-state index contributed by atoms with van der Waals surface area (Å²) in [4.78, 5) is 26.1. The zero-order valence-corrected chi connectivity index (χ0v) is 13.9. The standard InChI is InChI=1S/C20H21NO3/c1-13-17-9-10-20(2,24-17)18(13)19(23)21(12-22)16-8-7-14-5-3-4-6-15(14)11-16/h3-8,11-13,17-18H,9-10H2,1-2H3/t13-,17?,18+,20?/m1/s1. The molecule has 2 aliphatic heterocycles. The molecule has 2 aromatic carbocycles. The van der Waals surface area contributed by atoms with Crippen LogP contribution in [0.3, 0.4) is 0 Å². The number of rotatable bonds is 3. The van der Waals surface area contributed by atoms with Gasteiger partial charge in [0.15, 0.2) is 0 Å². The molecule has 0 aromatic heterocycles. The van der Waals surface area contributed by atoms with Gasteiger partial charge in [-0.05, 0) is 48.6 Å². The van der Waals surface area contributed by atoms with Crippen LogP contribution in [0.1, 0.15) is 26.7 Å². The molecule has 2 bridgehead atoms. The lowest BCUT2D eigenvalue weighted by molar-refractivity contribution is -0.129. The fourth-order valence-electron chi connectivity index (χ4n) is 4.46. The van der Waals surface area contributed by atoms with Crippen molar-refractivity contribution in [2.75, 3.05) is 4.90 Å². The smallest absolute Gasteiger partial charge is 0.239 e. The predicted molar refractivity (Wildman–Crippen MR) is 92.7 cm³/mol. The number of amides is 2. The third-order valence-electron chi connectivity index (χ3n) is 5.74. The molecule has 4 rings (SSSR count). The molecular formula is C20H21NO3. The Bertz CT molecular complexity index is 817. The van der Waals surface area contributed by atoms with Crippen molar-refractivity contribution in [3.8, 4) is 0 Å². The van der Waals surface area contributed by atoms with Gasteiger partial charge in [0.25, 0.3) is 0 Å². The maximum absolute atomic E-state index is 13.1. The molecule has 0 spiro atoms. The second-order valence-electron chi connectivity index (χ2n) is 7.19. The van der Waals surface area contributed by atoms with Gasteiger partial charge in [0.1, 0.15) is 0 Å². The van der Waals surface area contributed by atoms with Crippen molar-refractivity contribution in [3.63, 3.8) is 0 Å².